The molecular weight excluding hydrogens is 880 g/mol. The van der Waals surface area contributed by atoms with Gasteiger partial charge in [-0.05, 0) is 58.4 Å². The van der Waals surface area contributed by atoms with Crippen molar-refractivity contribution in [2.75, 3.05) is 39.6 Å². The Hall–Kier alpha value is -1.34. The molecule has 0 saturated carbocycles. The topological polar surface area (TPSA) is 342 Å². The molecule has 350 valence electrons. The summed E-state index contributed by atoms with van der Waals surface area (Å²) in [5.41, 5.74) is -0.660. The lowest BCUT2D eigenvalue weighted by molar-refractivity contribution is -0.173. The third-order valence-electron chi connectivity index (χ3n) is 10.6. The van der Waals surface area contributed by atoms with Crippen LogP contribution in [0, 0.1) is 17.8 Å². The molecule has 0 saturated heterocycles. The largest absolute Gasteiger partial charge is 0.396 e. The number of hydrogen-bond donors (Lipinski definition) is 16. The molecule has 0 heterocycles. The summed E-state index contributed by atoms with van der Waals surface area (Å²) >= 11 is 0. The highest BCUT2D eigenvalue weighted by Crippen LogP contribution is 2.55. The van der Waals surface area contributed by atoms with Crippen molar-refractivity contribution in [2.45, 2.75) is 83.8 Å². The second-order valence-corrected chi connectivity index (χ2v) is 18.7. The van der Waals surface area contributed by atoms with E-state index in [4.69, 9.17) is 59.6 Å². The molecule has 0 aliphatic heterocycles. The van der Waals surface area contributed by atoms with Gasteiger partial charge in [-0.25, -0.2) is 8.62 Å². The fraction of sp³-hybridized carbons (Fsp3) is 0.538. The average molecular weight is 947 g/mol. The van der Waals surface area contributed by atoms with Crippen LogP contribution in [0.4, 0.5) is 0 Å². The van der Waals surface area contributed by atoms with E-state index < -0.39 is 96.6 Å². The van der Waals surface area contributed by atoms with Gasteiger partial charge in [-0.2, -0.15) is 0 Å². The van der Waals surface area contributed by atoms with Crippen molar-refractivity contribution in [3.05, 3.63) is 106 Å². The van der Waals surface area contributed by atoms with E-state index >= 15 is 0 Å². The van der Waals surface area contributed by atoms with Gasteiger partial charge >= 0.3 is 34.4 Å². The Morgan fingerprint density at radius 2 is 0.820 bits per heavy atom. The third-order valence-corrected chi connectivity index (χ3v) is 13.0. The minimum atomic E-state index is -2.61. The van der Waals surface area contributed by atoms with Gasteiger partial charge in [0.1, 0.15) is 5.60 Å². The van der Waals surface area contributed by atoms with Gasteiger partial charge in [-0.3, -0.25) is 0 Å². The first-order valence-corrected chi connectivity index (χ1v) is 23.4. The molecule has 0 radical (unpaired) electrons. The molecule has 1 unspecified atom stereocenters. The average Bonchev–Trinajstić information content (AvgIpc) is 3.22. The molecule has 61 heavy (non-hydrogen) atoms. The summed E-state index contributed by atoms with van der Waals surface area (Å²) in [5, 5.41) is 81.6. The van der Waals surface area contributed by atoms with Crippen LogP contribution in [0.2, 0.25) is 0 Å². The normalized spacial score (nSPS) is 13.0. The molecule has 0 amide bonds. The number of aliphatic hydroxyl groups is 8. The van der Waals surface area contributed by atoms with Crippen molar-refractivity contribution >= 4 is 34.4 Å². The predicted octanol–water partition coefficient (Wildman–Crippen LogP) is 3.10. The molecule has 0 aromatic heterocycles. The van der Waals surface area contributed by atoms with Gasteiger partial charge in [0.15, 0.2) is 0 Å². The Balaban J connectivity index is 0.00000127. The lowest BCUT2D eigenvalue weighted by atomic mass is 9.59. The van der Waals surface area contributed by atoms with Crippen molar-refractivity contribution in [2.24, 2.45) is 10.8 Å². The maximum Gasteiger partial charge on any atom is 0.334 e. The monoisotopic (exact) mass is 946 g/mol. The summed E-state index contributed by atoms with van der Waals surface area (Å²) in [7, 11) is -10.4. The highest BCUT2D eigenvalue weighted by molar-refractivity contribution is 7.53. The fourth-order valence-corrected chi connectivity index (χ4v) is 7.09. The van der Waals surface area contributed by atoms with Crippen molar-refractivity contribution in [3.63, 3.8) is 0 Å². The van der Waals surface area contributed by atoms with Crippen LogP contribution in [0.5, 0.6) is 0 Å². The van der Waals surface area contributed by atoms with Crippen LogP contribution in [0.15, 0.2) is 72.8 Å². The summed E-state index contributed by atoms with van der Waals surface area (Å²) in [5.74, 6) is 0. The summed E-state index contributed by atoms with van der Waals surface area (Å²) < 4.78 is 7.20. The number of aliphatic hydroxyl groups excluding tert-OH is 7. The molecule has 3 aromatic rings. The first-order chi connectivity index (χ1) is 28.4. The minimum Gasteiger partial charge on any atom is -0.396 e. The molecule has 3 aromatic carbocycles. The van der Waals surface area contributed by atoms with Crippen molar-refractivity contribution in [3.8, 4) is 0 Å². The van der Waals surface area contributed by atoms with E-state index in [2.05, 4.69) is 69.2 Å². The predicted molar refractivity (Wildman–Crippen MR) is 234 cm³/mol. The SMILES string of the molecule is CCC(C)(C)c1cc(C)cc(C(C)(C)CC)c1C(O)C(CO)(CO)C(O)(c1ccccc1)c1ccccc1.OCC(CO)(CO)CO.OP(O)OP(O)O.OP(O)OP(O)O. The van der Waals surface area contributed by atoms with Crippen LogP contribution >= 0.6 is 34.4 Å². The van der Waals surface area contributed by atoms with Gasteiger partial charge in [0.25, 0.3) is 0 Å². The molecule has 0 bridgehead atoms. The second-order valence-electron chi connectivity index (χ2n) is 15.4. The zero-order chi connectivity index (χ0) is 47.4. The highest BCUT2D eigenvalue weighted by Gasteiger charge is 2.58. The molecule has 0 aliphatic carbocycles. The van der Waals surface area contributed by atoms with E-state index in [0.717, 1.165) is 29.5 Å². The number of hydrogen-bond acceptors (Lipinski definition) is 18. The van der Waals surface area contributed by atoms with Crippen molar-refractivity contribution < 1.29 is 88.6 Å². The molecule has 0 spiro atoms. The van der Waals surface area contributed by atoms with Crippen LogP contribution in [0.25, 0.3) is 0 Å². The molecule has 0 aliphatic rings. The maximum atomic E-state index is 12.8. The molecule has 3 rings (SSSR count). The number of benzene rings is 3. The Labute approximate surface area is 362 Å². The number of rotatable bonds is 19. The van der Waals surface area contributed by atoms with Gasteiger partial charge in [0, 0.05) is 0 Å². The Kier molecular flexibility index (Phi) is 27.3. The van der Waals surface area contributed by atoms with E-state index in [0.29, 0.717) is 16.7 Å². The van der Waals surface area contributed by atoms with Crippen LogP contribution in [0.3, 0.4) is 0 Å². The first-order valence-electron chi connectivity index (χ1n) is 18.8. The summed E-state index contributed by atoms with van der Waals surface area (Å²) in [6.07, 6.45) is 0.273. The highest BCUT2D eigenvalue weighted by atomic mass is 31.2. The smallest absolute Gasteiger partial charge is 0.334 e. The maximum absolute atomic E-state index is 12.8. The van der Waals surface area contributed by atoms with E-state index in [9.17, 15) is 20.4 Å². The van der Waals surface area contributed by atoms with Gasteiger partial charge in [0.2, 0.25) is 0 Å². The summed E-state index contributed by atoms with van der Waals surface area (Å²) in [4.78, 5) is 62.5. The standard InChI is InChI=1S/C34H46O4.C5H12O4.2H4O5P2/c1-8-31(4,5)27-20-24(3)21-28(32(6,7)9-2)29(27)30(37)33(22-35,23-36)34(38,25-16-12-10-13-17-25)26-18-14-11-15-19-26;6-1-5(2-7,3-8)4-9;2*1-6(2)5-7(3)4/h10-21,30,35-38H,8-9,22-23H2,1-7H3;6-9H,1-4H2;2*1-4H. The van der Waals surface area contributed by atoms with Crippen molar-refractivity contribution in [1.29, 1.82) is 0 Å². The molecule has 22 heteroatoms. The Morgan fingerprint density at radius 3 is 1.02 bits per heavy atom. The molecule has 0 fully saturated rings. The second kappa shape index (κ2) is 27.9. The molecule has 16 N–H and O–H groups in total. The molecular formula is C39H66O18P4. The Bertz CT molecular complexity index is 1510. The van der Waals surface area contributed by atoms with E-state index in [1.165, 1.54) is 0 Å². The van der Waals surface area contributed by atoms with Crippen LogP contribution in [-0.2, 0) is 25.1 Å². The lowest BCUT2D eigenvalue weighted by Crippen LogP contribution is -2.56. The Morgan fingerprint density at radius 1 is 0.525 bits per heavy atom. The zero-order valence-corrected chi connectivity index (χ0v) is 39.0. The van der Waals surface area contributed by atoms with Gasteiger partial charge in [-0.15, -0.1) is 0 Å². The number of aryl methyl sites for hydroxylation is 1. The third kappa shape index (κ3) is 16.9. The van der Waals surface area contributed by atoms with Crippen LogP contribution < -0.4 is 0 Å². The van der Waals surface area contributed by atoms with Gasteiger partial charge in [-0.1, -0.05) is 120 Å². The zero-order valence-electron chi connectivity index (χ0n) is 35.4. The minimum absolute atomic E-state index is 0.296. The first kappa shape index (κ1) is 59.7. The quantitative estimate of drug-likeness (QED) is 0.0768. The fourth-order valence-electron chi connectivity index (χ4n) is 6.05. The summed E-state index contributed by atoms with van der Waals surface area (Å²) in [6, 6.07) is 22.3. The molecule has 18 nitrogen and oxygen atoms in total. The van der Waals surface area contributed by atoms with E-state index in [1.807, 2.05) is 36.4 Å². The van der Waals surface area contributed by atoms with E-state index in [-0.39, 0.29) is 10.8 Å². The lowest BCUT2D eigenvalue weighted by Gasteiger charge is -2.50. The van der Waals surface area contributed by atoms with Crippen molar-refractivity contribution in [1.82, 2.24) is 0 Å². The van der Waals surface area contributed by atoms with Crippen LogP contribution in [-0.4, -0.2) is 120 Å². The van der Waals surface area contributed by atoms with Crippen LogP contribution in [0.1, 0.15) is 93.9 Å². The molecule has 1 atom stereocenters. The van der Waals surface area contributed by atoms with E-state index in [1.54, 1.807) is 24.3 Å². The summed E-state index contributed by atoms with van der Waals surface area (Å²) in [6.45, 7) is 12.0. The van der Waals surface area contributed by atoms with Gasteiger partial charge in [0.05, 0.1) is 56.6 Å². The van der Waals surface area contributed by atoms with Gasteiger partial charge < -0.3 is 80.0 Å².